The predicted molar refractivity (Wildman–Crippen MR) is 108 cm³/mol. The molecule has 1 N–H and O–H groups in total. The molecule has 0 aliphatic heterocycles. The maximum absolute atomic E-state index is 13.0. The van der Waals surface area contributed by atoms with E-state index in [-0.39, 0.29) is 31.2 Å². The number of ether oxygens (including phenoxy) is 1. The topological polar surface area (TPSA) is 32.7 Å². The lowest BCUT2D eigenvalue weighted by atomic mass is 9.90. The summed E-state index contributed by atoms with van der Waals surface area (Å²) in [5, 5.41) is 9.68. The van der Waals surface area contributed by atoms with Gasteiger partial charge in [-0.3, -0.25) is 4.90 Å². The van der Waals surface area contributed by atoms with Gasteiger partial charge in [0.25, 0.3) is 0 Å². The zero-order valence-corrected chi connectivity index (χ0v) is 18.0. The van der Waals surface area contributed by atoms with Crippen LogP contribution in [0.5, 0.6) is 0 Å². The van der Waals surface area contributed by atoms with Gasteiger partial charge in [-0.1, -0.05) is 31.0 Å². The molecule has 2 aliphatic carbocycles. The summed E-state index contributed by atoms with van der Waals surface area (Å²) in [6.07, 6.45) is -4.20. The van der Waals surface area contributed by atoms with Crippen LogP contribution in [0.4, 0.5) is 26.3 Å². The number of hydrogen-bond acceptors (Lipinski definition) is 3. The minimum atomic E-state index is -4.75. The molecule has 9 heteroatoms. The highest BCUT2D eigenvalue weighted by Gasteiger charge is 2.41. The van der Waals surface area contributed by atoms with Gasteiger partial charge in [-0.2, -0.15) is 26.3 Å². The van der Waals surface area contributed by atoms with Crippen LogP contribution in [0.3, 0.4) is 0 Å². The fraction of sp³-hybridized carbons (Fsp3) is 0.739. The summed E-state index contributed by atoms with van der Waals surface area (Å²) in [7, 11) is 0. The summed E-state index contributed by atoms with van der Waals surface area (Å²) < 4.78 is 84.3. The molecule has 1 aromatic rings. The molecule has 0 spiro atoms. The first kappa shape index (κ1) is 25.3. The van der Waals surface area contributed by atoms with Crippen molar-refractivity contribution >= 4 is 0 Å². The van der Waals surface area contributed by atoms with E-state index in [9.17, 15) is 31.4 Å². The third-order valence-corrected chi connectivity index (χ3v) is 6.53. The average Bonchev–Trinajstić information content (AvgIpc) is 3.23. The largest absolute Gasteiger partial charge is 0.416 e. The molecule has 0 radical (unpaired) electrons. The summed E-state index contributed by atoms with van der Waals surface area (Å²) in [5.41, 5.74) is -0.375. The van der Waals surface area contributed by atoms with Gasteiger partial charge in [0.05, 0.1) is 17.8 Å². The first-order chi connectivity index (χ1) is 15.0. The Morgan fingerprint density at radius 3 is 2.31 bits per heavy atom. The third-order valence-electron chi connectivity index (χ3n) is 6.53. The van der Waals surface area contributed by atoms with Crippen LogP contribution in [-0.2, 0) is 17.3 Å². The third kappa shape index (κ3) is 7.35. The lowest BCUT2D eigenvalue weighted by Gasteiger charge is -2.39. The van der Waals surface area contributed by atoms with Gasteiger partial charge < -0.3 is 9.84 Å². The molecule has 1 aromatic carbocycles. The maximum Gasteiger partial charge on any atom is 0.416 e. The standard InChI is InChI=1S/C23H31F6NO2/c24-22(25,26)17-6-3-5-16(13-17)11-12-30(15-21(31)23(27,28)29)18-7-4-10-20(14-18)32-19-8-1-2-9-19/h3,5-6,13,18-21,31H,1-2,4,7-12,14-15H2. The molecular formula is C23H31F6NO2. The van der Waals surface area contributed by atoms with Crippen LogP contribution in [0.2, 0.25) is 0 Å². The number of halogens is 6. The van der Waals surface area contributed by atoms with Crippen molar-refractivity contribution < 1.29 is 36.2 Å². The van der Waals surface area contributed by atoms with Crippen molar-refractivity contribution in [1.29, 1.82) is 0 Å². The minimum absolute atomic E-state index is 0.0315. The van der Waals surface area contributed by atoms with Crippen LogP contribution in [0.25, 0.3) is 0 Å². The number of benzene rings is 1. The second-order valence-electron chi connectivity index (χ2n) is 8.99. The molecule has 3 rings (SSSR count). The zero-order chi connectivity index (χ0) is 23.4. The number of alkyl halides is 6. The smallest absolute Gasteiger partial charge is 0.382 e. The monoisotopic (exact) mass is 467 g/mol. The molecule has 3 unspecified atom stereocenters. The van der Waals surface area contributed by atoms with Crippen molar-refractivity contribution in [1.82, 2.24) is 4.90 Å². The minimum Gasteiger partial charge on any atom is -0.382 e. The average molecular weight is 467 g/mol. The van der Waals surface area contributed by atoms with Crippen LogP contribution in [0.15, 0.2) is 24.3 Å². The van der Waals surface area contributed by atoms with Crippen LogP contribution in [-0.4, -0.2) is 53.6 Å². The second kappa shape index (κ2) is 10.7. The molecule has 0 heterocycles. The Morgan fingerprint density at radius 1 is 0.969 bits per heavy atom. The summed E-state index contributed by atoms with van der Waals surface area (Å²) in [4.78, 5) is 1.59. The van der Waals surface area contributed by atoms with Gasteiger partial charge in [-0.25, -0.2) is 0 Å². The van der Waals surface area contributed by atoms with Gasteiger partial charge in [0, 0.05) is 19.1 Å². The van der Waals surface area contributed by atoms with Crippen LogP contribution >= 0.6 is 0 Å². The van der Waals surface area contributed by atoms with Gasteiger partial charge in [-0.15, -0.1) is 0 Å². The Hall–Kier alpha value is -1.32. The molecule has 182 valence electrons. The van der Waals surface area contributed by atoms with Crippen molar-refractivity contribution in [3.8, 4) is 0 Å². The van der Waals surface area contributed by atoms with Crippen LogP contribution in [0.1, 0.15) is 62.5 Å². The Bertz CT molecular complexity index is 717. The van der Waals surface area contributed by atoms with E-state index in [1.165, 1.54) is 6.07 Å². The molecule has 2 fully saturated rings. The first-order valence-electron chi connectivity index (χ1n) is 11.3. The van der Waals surface area contributed by atoms with Crippen molar-refractivity contribution in [2.75, 3.05) is 13.1 Å². The molecule has 2 saturated carbocycles. The lowest BCUT2D eigenvalue weighted by Crippen LogP contribution is -2.48. The first-order valence-corrected chi connectivity index (χ1v) is 11.3. The van der Waals surface area contributed by atoms with E-state index in [1.54, 1.807) is 11.0 Å². The van der Waals surface area contributed by atoms with E-state index in [0.717, 1.165) is 50.7 Å². The Balaban J connectivity index is 1.67. The van der Waals surface area contributed by atoms with E-state index in [1.807, 2.05) is 0 Å². The highest BCUT2D eigenvalue weighted by atomic mass is 19.4. The molecule has 0 bridgehead atoms. The van der Waals surface area contributed by atoms with E-state index in [4.69, 9.17) is 4.74 Å². The van der Waals surface area contributed by atoms with Gasteiger partial charge in [0.1, 0.15) is 0 Å². The predicted octanol–water partition coefficient (Wildman–Crippen LogP) is 5.74. The summed E-state index contributed by atoms with van der Waals surface area (Å²) >= 11 is 0. The molecule has 3 nitrogen and oxygen atoms in total. The van der Waals surface area contributed by atoms with Crippen molar-refractivity contribution in [2.45, 2.75) is 94.5 Å². The maximum atomic E-state index is 13.0. The van der Waals surface area contributed by atoms with Crippen molar-refractivity contribution in [2.24, 2.45) is 0 Å². The Labute approximate surface area is 184 Å². The second-order valence-corrected chi connectivity index (χ2v) is 8.99. The molecule has 0 amide bonds. The quantitative estimate of drug-likeness (QED) is 0.495. The van der Waals surface area contributed by atoms with Gasteiger partial charge in [-0.05, 0) is 56.6 Å². The van der Waals surface area contributed by atoms with E-state index < -0.39 is 30.6 Å². The highest BCUT2D eigenvalue weighted by molar-refractivity contribution is 5.25. The Kier molecular flexibility index (Phi) is 8.49. The number of nitrogens with zero attached hydrogens (tertiary/aromatic N) is 1. The summed E-state index contributed by atoms with van der Waals surface area (Å²) in [5.74, 6) is 0. The van der Waals surface area contributed by atoms with Crippen LogP contribution in [0, 0.1) is 0 Å². The lowest BCUT2D eigenvalue weighted by molar-refractivity contribution is -0.210. The molecule has 3 atom stereocenters. The number of aliphatic hydroxyl groups is 1. The summed E-state index contributed by atoms with van der Waals surface area (Å²) in [6, 6.07) is 4.64. The highest BCUT2D eigenvalue weighted by Crippen LogP contribution is 2.32. The zero-order valence-electron chi connectivity index (χ0n) is 18.0. The Morgan fingerprint density at radius 2 is 1.66 bits per heavy atom. The van der Waals surface area contributed by atoms with Crippen molar-refractivity contribution in [3.63, 3.8) is 0 Å². The number of rotatable bonds is 8. The van der Waals surface area contributed by atoms with Crippen molar-refractivity contribution in [3.05, 3.63) is 35.4 Å². The molecular weight excluding hydrogens is 436 g/mol. The molecule has 0 aromatic heterocycles. The molecule has 0 saturated heterocycles. The normalized spacial score (nSPS) is 24.2. The number of aliphatic hydroxyl groups excluding tert-OH is 1. The molecule has 2 aliphatic rings. The van der Waals surface area contributed by atoms with E-state index in [2.05, 4.69) is 0 Å². The fourth-order valence-corrected chi connectivity index (χ4v) is 4.80. The van der Waals surface area contributed by atoms with Gasteiger partial charge >= 0.3 is 12.4 Å². The SMILES string of the molecule is OC(CN(CCc1cccc(C(F)(F)F)c1)C1CCCC(OC2CCCC2)C1)C(F)(F)F. The van der Waals surface area contributed by atoms with Gasteiger partial charge in [0.2, 0.25) is 0 Å². The van der Waals surface area contributed by atoms with E-state index >= 15 is 0 Å². The molecule has 32 heavy (non-hydrogen) atoms. The van der Waals surface area contributed by atoms with Gasteiger partial charge in [0.15, 0.2) is 6.10 Å². The number of hydrogen-bond donors (Lipinski definition) is 1. The van der Waals surface area contributed by atoms with Crippen LogP contribution < -0.4 is 0 Å². The van der Waals surface area contributed by atoms with E-state index in [0.29, 0.717) is 18.4 Å². The fourth-order valence-electron chi connectivity index (χ4n) is 4.80. The summed E-state index contributed by atoms with van der Waals surface area (Å²) in [6.45, 7) is -0.460.